The van der Waals surface area contributed by atoms with Crippen molar-refractivity contribution in [1.82, 2.24) is 4.98 Å². The number of nitrogen functional groups attached to an aromatic ring is 1. The summed E-state index contributed by atoms with van der Waals surface area (Å²) >= 11 is 0. The number of nitrogens with zero attached hydrogens (tertiary/aromatic N) is 1. The molecule has 2 unspecified atom stereocenters. The van der Waals surface area contributed by atoms with E-state index >= 15 is 0 Å². The largest absolute Gasteiger partial charge is 0.396 e. The quantitative estimate of drug-likeness (QED) is 0.802. The van der Waals surface area contributed by atoms with Gasteiger partial charge in [0.1, 0.15) is 5.82 Å². The molecule has 0 aliphatic heterocycles. The van der Waals surface area contributed by atoms with Crippen LogP contribution < -0.4 is 11.1 Å². The summed E-state index contributed by atoms with van der Waals surface area (Å²) in [6.07, 6.45) is 4.20. The number of hydrogen-bond acceptors (Lipinski definition) is 3. The van der Waals surface area contributed by atoms with Crippen LogP contribution in [0.3, 0.4) is 0 Å². The smallest absolute Gasteiger partial charge is 0.149 e. The molecule has 0 aliphatic rings. The number of nitrogens with two attached hydrogens (primary N) is 1. The SMILES string of the molecule is CCC(C)CC(C)Nc1ncc(C)cc1N. The van der Waals surface area contributed by atoms with E-state index in [1.165, 1.54) is 6.42 Å². The summed E-state index contributed by atoms with van der Waals surface area (Å²) in [5, 5.41) is 3.37. The summed E-state index contributed by atoms with van der Waals surface area (Å²) in [4.78, 5) is 4.31. The highest BCUT2D eigenvalue weighted by Gasteiger charge is 2.09. The van der Waals surface area contributed by atoms with Crippen molar-refractivity contribution < 1.29 is 0 Å². The van der Waals surface area contributed by atoms with Crippen LogP contribution in [0.25, 0.3) is 0 Å². The van der Waals surface area contributed by atoms with E-state index in [0.29, 0.717) is 6.04 Å². The average Bonchev–Trinajstić information content (AvgIpc) is 2.22. The average molecular weight is 221 g/mol. The molecule has 3 heteroatoms. The highest BCUT2D eigenvalue weighted by molar-refractivity contribution is 5.61. The predicted octanol–water partition coefficient (Wildman–Crippen LogP) is 3.21. The highest BCUT2D eigenvalue weighted by atomic mass is 15.0. The first kappa shape index (κ1) is 12.8. The zero-order valence-electron chi connectivity index (χ0n) is 10.7. The van der Waals surface area contributed by atoms with E-state index in [1.54, 1.807) is 0 Å². The number of aromatic nitrogens is 1. The molecule has 0 fully saturated rings. The fraction of sp³-hybridized carbons (Fsp3) is 0.615. The summed E-state index contributed by atoms with van der Waals surface area (Å²) < 4.78 is 0. The molecule has 1 rings (SSSR count). The third-order valence-corrected chi connectivity index (χ3v) is 2.89. The highest BCUT2D eigenvalue weighted by Crippen LogP contribution is 2.19. The Bertz CT molecular complexity index is 336. The number of hydrogen-bond donors (Lipinski definition) is 2. The Kier molecular flexibility index (Phi) is 4.59. The normalized spacial score (nSPS) is 14.5. The number of anilines is 2. The van der Waals surface area contributed by atoms with Gasteiger partial charge in [0.2, 0.25) is 0 Å². The summed E-state index contributed by atoms with van der Waals surface area (Å²) in [6.45, 7) is 8.66. The Labute approximate surface area is 98.5 Å². The molecule has 1 aromatic rings. The van der Waals surface area contributed by atoms with Crippen LogP contribution in [0.5, 0.6) is 0 Å². The molecule has 0 aromatic carbocycles. The second kappa shape index (κ2) is 5.73. The van der Waals surface area contributed by atoms with E-state index in [4.69, 9.17) is 5.73 Å². The van der Waals surface area contributed by atoms with Gasteiger partial charge in [0.05, 0.1) is 5.69 Å². The van der Waals surface area contributed by atoms with Crippen LogP contribution in [-0.4, -0.2) is 11.0 Å². The zero-order chi connectivity index (χ0) is 12.1. The van der Waals surface area contributed by atoms with E-state index in [0.717, 1.165) is 29.4 Å². The van der Waals surface area contributed by atoms with Crippen LogP contribution in [0.4, 0.5) is 11.5 Å². The van der Waals surface area contributed by atoms with Gasteiger partial charge in [0.15, 0.2) is 0 Å². The Morgan fingerprint density at radius 3 is 2.69 bits per heavy atom. The molecule has 0 aliphatic carbocycles. The van der Waals surface area contributed by atoms with Crippen LogP contribution >= 0.6 is 0 Å². The molecular weight excluding hydrogens is 198 g/mol. The van der Waals surface area contributed by atoms with Crippen molar-refractivity contribution in [3.63, 3.8) is 0 Å². The molecule has 1 aromatic heterocycles. The lowest BCUT2D eigenvalue weighted by molar-refractivity contribution is 0.483. The maximum Gasteiger partial charge on any atom is 0.149 e. The third-order valence-electron chi connectivity index (χ3n) is 2.89. The molecule has 3 nitrogen and oxygen atoms in total. The van der Waals surface area contributed by atoms with Crippen LogP contribution in [0.15, 0.2) is 12.3 Å². The van der Waals surface area contributed by atoms with Crippen molar-refractivity contribution in [3.8, 4) is 0 Å². The molecule has 0 bridgehead atoms. The fourth-order valence-electron chi connectivity index (χ4n) is 1.77. The Hall–Kier alpha value is -1.25. The second-order valence-electron chi connectivity index (χ2n) is 4.75. The first-order valence-corrected chi connectivity index (χ1v) is 6.01. The van der Waals surface area contributed by atoms with Gasteiger partial charge in [-0.3, -0.25) is 0 Å². The van der Waals surface area contributed by atoms with Crippen molar-refractivity contribution in [2.45, 2.75) is 46.6 Å². The Balaban J connectivity index is 2.59. The molecule has 0 saturated heterocycles. The van der Waals surface area contributed by atoms with Crippen molar-refractivity contribution in [2.75, 3.05) is 11.1 Å². The summed E-state index contributed by atoms with van der Waals surface area (Å²) in [5.74, 6) is 1.54. The van der Waals surface area contributed by atoms with Crippen molar-refractivity contribution in [3.05, 3.63) is 17.8 Å². The minimum Gasteiger partial charge on any atom is -0.396 e. The number of rotatable bonds is 5. The number of pyridine rings is 1. The van der Waals surface area contributed by atoms with Gasteiger partial charge in [-0.2, -0.15) is 0 Å². The first-order valence-electron chi connectivity index (χ1n) is 6.01. The molecule has 16 heavy (non-hydrogen) atoms. The van der Waals surface area contributed by atoms with Crippen LogP contribution in [0, 0.1) is 12.8 Å². The third kappa shape index (κ3) is 3.72. The monoisotopic (exact) mass is 221 g/mol. The molecule has 3 N–H and O–H groups in total. The zero-order valence-corrected chi connectivity index (χ0v) is 10.7. The van der Waals surface area contributed by atoms with Gasteiger partial charge in [0.25, 0.3) is 0 Å². The van der Waals surface area contributed by atoms with Gasteiger partial charge in [-0.05, 0) is 37.8 Å². The lowest BCUT2D eigenvalue weighted by Gasteiger charge is -2.19. The predicted molar refractivity (Wildman–Crippen MR) is 70.5 cm³/mol. The summed E-state index contributed by atoms with van der Waals surface area (Å²) in [7, 11) is 0. The lowest BCUT2D eigenvalue weighted by Crippen LogP contribution is -2.19. The molecule has 0 saturated carbocycles. The number of nitrogens with one attached hydrogen (secondary N) is 1. The Morgan fingerprint density at radius 1 is 1.44 bits per heavy atom. The molecule has 1 heterocycles. The van der Waals surface area contributed by atoms with Gasteiger partial charge in [0, 0.05) is 12.2 Å². The second-order valence-corrected chi connectivity index (χ2v) is 4.75. The van der Waals surface area contributed by atoms with Crippen molar-refractivity contribution >= 4 is 11.5 Å². The van der Waals surface area contributed by atoms with Crippen LogP contribution in [-0.2, 0) is 0 Å². The summed E-state index contributed by atoms with van der Waals surface area (Å²) in [6, 6.07) is 2.36. The van der Waals surface area contributed by atoms with E-state index in [9.17, 15) is 0 Å². The van der Waals surface area contributed by atoms with Gasteiger partial charge in [-0.1, -0.05) is 20.3 Å². The lowest BCUT2D eigenvalue weighted by atomic mass is 10.0. The van der Waals surface area contributed by atoms with Gasteiger partial charge < -0.3 is 11.1 Å². The maximum atomic E-state index is 5.91. The van der Waals surface area contributed by atoms with E-state index in [-0.39, 0.29) is 0 Å². The van der Waals surface area contributed by atoms with Gasteiger partial charge in [-0.25, -0.2) is 4.98 Å². The standard InChI is InChI=1S/C13H23N3/c1-5-9(2)6-11(4)16-13-12(14)7-10(3)8-15-13/h7-9,11H,5-6,14H2,1-4H3,(H,15,16). The van der Waals surface area contributed by atoms with Crippen molar-refractivity contribution in [1.29, 1.82) is 0 Å². The molecule has 90 valence electrons. The molecular formula is C13H23N3. The van der Waals surface area contributed by atoms with Gasteiger partial charge in [-0.15, -0.1) is 0 Å². The van der Waals surface area contributed by atoms with E-state index < -0.39 is 0 Å². The molecule has 0 radical (unpaired) electrons. The minimum atomic E-state index is 0.410. The Morgan fingerprint density at radius 2 is 2.12 bits per heavy atom. The maximum absolute atomic E-state index is 5.91. The van der Waals surface area contributed by atoms with Crippen molar-refractivity contribution in [2.24, 2.45) is 5.92 Å². The first-order chi connectivity index (χ1) is 7.52. The number of aryl methyl sites for hydroxylation is 1. The molecule has 0 spiro atoms. The minimum absolute atomic E-state index is 0.410. The summed E-state index contributed by atoms with van der Waals surface area (Å²) in [5.41, 5.74) is 7.74. The van der Waals surface area contributed by atoms with Crippen LogP contribution in [0.1, 0.15) is 39.2 Å². The van der Waals surface area contributed by atoms with E-state index in [1.807, 2.05) is 19.2 Å². The van der Waals surface area contributed by atoms with Gasteiger partial charge >= 0.3 is 0 Å². The fourth-order valence-corrected chi connectivity index (χ4v) is 1.77. The van der Waals surface area contributed by atoms with Crippen LogP contribution in [0.2, 0.25) is 0 Å². The molecule has 2 atom stereocenters. The molecule has 0 amide bonds. The topological polar surface area (TPSA) is 50.9 Å². The van der Waals surface area contributed by atoms with E-state index in [2.05, 4.69) is 31.1 Å².